The Morgan fingerprint density at radius 2 is 1.84 bits per heavy atom. The largest absolute Gasteiger partial charge is 0.396 e. The van der Waals surface area contributed by atoms with Crippen LogP contribution in [0.15, 0.2) is 33.6 Å². The average Bonchev–Trinajstić information content (AvgIpc) is 2.39. The van der Waals surface area contributed by atoms with Gasteiger partial charge in [0.15, 0.2) is 0 Å². The monoisotopic (exact) mass is 347 g/mol. The van der Waals surface area contributed by atoms with E-state index in [4.69, 9.17) is 0 Å². The number of aliphatic hydroxyl groups excluding tert-OH is 1. The van der Waals surface area contributed by atoms with E-state index in [0.29, 0.717) is 0 Å². The number of halogens is 1. The molecule has 1 aromatic rings. The number of hydrogen-bond acceptors (Lipinski definition) is 3. The number of hydrogen-bond donors (Lipinski definition) is 2. The first-order chi connectivity index (χ1) is 9.03. The quantitative estimate of drug-likeness (QED) is 0.877. The summed E-state index contributed by atoms with van der Waals surface area (Å²) >= 11 is 3.28. The van der Waals surface area contributed by atoms with Crippen LogP contribution in [0.3, 0.4) is 0 Å². The van der Waals surface area contributed by atoms with Crippen molar-refractivity contribution >= 4 is 26.0 Å². The van der Waals surface area contributed by atoms with Gasteiger partial charge in [-0.2, -0.15) is 0 Å². The highest BCUT2D eigenvalue weighted by Gasteiger charge is 2.28. The minimum Gasteiger partial charge on any atom is -0.396 e. The fourth-order valence-electron chi connectivity index (χ4n) is 2.46. The molecule has 2 N–H and O–H groups in total. The predicted octanol–water partition coefficient (Wildman–Crippen LogP) is 2.28. The third-order valence-corrected chi connectivity index (χ3v) is 5.61. The summed E-state index contributed by atoms with van der Waals surface area (Å²) in [5, 5.41) is 9.32. The third kappa shape index (κ3) is 3.78. The summed E-state index contributed by atoms with van der Waals surface area (Å²) in [6, 6.07) is 6.40. The minimum absolute atomic E-state index is 0.0268. The van der Waals surface area contributed by atoms with Crippen LogP contribution in [-0.2, 0) is 10.0 Å². The molecule has 0 saturated heterocycles. The van der Waals surface area contributed by atoms with Crippen molar-refractivity contribution in [2.45, 2.75) is 36.6 Å². The second kappa shape index (κ2) is 6.35. The standard InChI is InChI=1S/C13H18BrNO3S/c14-11-5-7-12(8-6-11)19(17,18)15-13-4-2-1-3-10(13)9-16/h5-8,10,13,15-16H,1-4,9H2. The minimum atomic E-state index is -3.50. The van der Waals surface area contributed by atoms with Crippen molar-refractivity contribution < 1.29 is 13.5 Å². The lowest BCUT2D eigenvalue weighted by Gasteiger charge is -2.30. The van der Waals surface area contributed by atoms with Gasteiger partial charge in [0.05, 0.1) is 4.90 Å². The van der Waals surface area contributed by atoms with Crippen LogP contribution in [0, 0.1) is 5.92 Å². The molecule has 2 atom stereocenters. The summed E-state index contributed by atoms with van der Waals surface area (Å²) in [6.45, 7) is 0.0352. The average molecular weight is 348 g/mol. The Balaban J connectivity index is 2.14. The summed E-state index contributed by atoms with van der Waals surface area (Å²) in [6.07, 6.45) is 3.73. The summed E-state index contributed by atoms with van der Waals surface area (Å²) in [5.41, 5.74) is 0. The molecule has 1 aliphatic carbocycles. The van der Waals surface area contributed by atoms with Gasteiger partial charge in [0.2, 0.25) is 10.0 Å². The summed E-state index contributed by atoms with van der Waals surface area (Å²) < 4.78 is 28.1. The van der Waals surface area contributed by atoms with Crippen molar-refractivity contribution in [1.29, 1.82) is 0 Å². The van der Waals surface area contributed by atoms with Crippen LogP contribution in [0.1, 0.15) is 25.7 Å². The molecular formula is C13H18BrNO3S. The first-order valence-electron chi connectivity index (χ1n) is 6.41. The van der Waals surface area contributed by atoms with Crippen molar-refractivity contribution in [2.75, 3.05) is 6.61 Å². The number of nitrogens with one attached hydrogen (secondary N) is 1. The van der Waals surface area contributed by atoms with E-state index in [1.807, 2.05) is 0 Å². The second-order valence-electron chi connectivity index (χ2n) is 4.91. The second-order valence-corrected chi connectivity index (χ2v) is 7.54. The highest BCUT2D eigenvalue weighted by Crippen LogP contribution is 2.25. The molecule has 106 valence electrons. The highest BCUT2D eigenvalue weighted by atomic mass is 79.9. The molecule has 1 fully saturated rings. The molecule has 1 aliphatic rings. The van der Waals surface area contributed by atoms with Gasteiger partial charge in [-0.25, -0.2) is 13.1 Å². The molecule has 1 aromatic carbocycles. The van der Waals surface area contributed by atoms with Crippen molar-refractivity contribution in [3.05, 3.63) is 28.7 Å². The van der Waals surface area contributed by atoms with Crippen molar-refractivity contribution in [2.24, 2.45) is 5.92 Å². The van der Waals surface area contributed by atoms with Crippen molar-refractivity contribution in [3.8, 4) is 0 Å². The molecule has 0 spiro atoms. The predicted molar refractivity (Wildman–Crippen MR) is 77.3 cm³/mol. The molecular weight excluding hydrogens is 330 g/mol. The van der Waals surface area contributed by atoms with Gasteiger partial charge in [0.1, 0.15) is 0 Å². The Morgan fingerprint density at radius 3 is 2.47 bits per heavy atom. The number of sulfonamides is 1. The SMILES string of the molecule is O=S(=O)(NC1CCCCC1CO)c1ccc(Br)cc1. The van der Waals surface area contributed by atoms with Gasteiger partial charge < -0.3 is 5.11 Å². The Kier molecular flexibility index (Phi) is 5.00. The Morgan fingerprint density at radius 1 is 1.21 bits per heavy atom. The molecule has 1 saturated carbocycles. The maximum atomic E-state index is 12.3. The van der Waals surface area contributed by atoms with E-state index < -0.39 is 10.0 Å². The fraction of sp³-hybridized carbons (Fsp3) is 0.538. The summed E-state index contributed by atoms with van der Waals surface area (Å²) in [7, 11) is -3.50. The first kappa shape index (κ1) is 15.0. The topological polar surface area (TPSA) is 66.4 Å². The molecule has 0 aliphatic heterocycles. The van der Waals surface area contributed by atoms with Gasteiger partial charge in [0.25, 0.3) is 0 Å². The fourth-order valence-corrected chi connectivity index (χ4v) is 4.07. The number of aliphatic hydroxyl groups is 1. The van der Waals surface area contributed by atoms with Crippen molar-refractivity contribution in [3.63, 3.8) is 0 Å². The molecule has 2 rings (SSSR count). The molecule has 0 heterocycles. The molecule has 0 bridgehead atoms. The molecule has 19 heavy (non-hydrogen) atoms. The zero-order chi connectivity index (χ0) is 13.9. The highest BCUT2D eigenvalue weighted by molar-refractivity contribution is 9.10. The molecule has 0 aromatic heterocycles. The first-order valence-corrected chi connectivity index (χ1v) is 8.69. The van der Waals surface area contributed by atoms with Crippen LogP contribution < -0.4 is 4.72 Å². The Hall–Kier alpha value is -0.430. The van der Waals surface area contributed by atoms with E-state index in [-0.39, 0.29) is 23.5 Å². The van der Waals surface area contributed by atoms with Crippen LogP contribution in [0.4, 0.5) is 0 Å². The van der Waals surface area contributed by atoms with E-state index in [9.17, 15) is 13.5 Å². The Labute approximate surface area is 122 Å². The van der Waals surface area contributed by atoms with Gasteiger partial charge in [0, 0.05) is 17.1 Å². The van der Waals surface area contributed by atoms with Gasteiger partial charge in [-0.15, -0.1) is 0 Å². The van der Waals surface area contributed by atoms with Crippen molar-refractivity contribution in [1.82, 2.24) is 4.72 Å². The zero-order valence-electron chi connectivity index (χ0n) is 10.5. The van der Waals surface area contributed by atoms with Crippen LogP contribution in [0.5, 0.6) is 0 Å². The van der Waals surface area contributed by atoms with E-state index in [0.717, 1.165) is 30.2 Å². The maximum absolute atomic E-state index is 12.3. The van der Waals surface area contributed by atoms with E-state index in [1.165, 1.54) is 0 Å². The van der Waals surface area contributed by atoms with Gasteiger partial charge in [-0.05, 0) is 43.0 Å². The summed E-state index contributed by atoms with van der Waals surface area (Å²) in [4.78, 5) is 0.262. The lowest BCUT2D eigenvalue weighted by molar-refractivity contribution is 0.164. The van der Waals surface area contributed by atoms with Crippen LogP contribution in [-0.4, -0.2) is 26.2 Å². The smallest absolute Gasteiger partial charge is 0.240 e. The lowest BCUT2D eigenvalue weighted by atomic mass is 9.86. The van der Waals surface area contributed by atoms with E-state index in [2.05, 4.69) is 20.7 Å². The van der Waals surface area contributed by atoms with Crippen LogP contribution in [0.25, 0.3) is 0 Å². The zero-order valence-corrected chi connectivity index (χ0v) is 13.0. The normalized spacial score (nSPS) is 24.3. The molecule has 4 nitrogen and oxygen atoms in total. The van der Waals surface area contributed by atoms with Crippen LogP contribution >= 0.6 is 15.9 Å². The molecule has 2 unspecified atom stereocenters. The lowest BCUT2D eigenvalue weighted by Crippen LogP contribution is -2.43. The molecule has 6 heteroatoms. The Bertz CT molecular complexity index is 515. The maximum Gasteiger partial charge on any atom is 0.240 e. The number of rotatable bonds is 4. The third-order valence-electron chi connectivity index (χ3n) is 3.57. The van der Waals surface area contributed by atoms with Gasteiger partial charge in [-0.1, -0.05) is 28.8 Å². The molecule has 0 amide bonds. The van der Waals surface area contributed by atoms with Gasteiger partial charge >= 0.3 is 0 Å². The van der Waals surface area contributed by atoms with E-state index >= 15 is 0 Å². The van der Waals surface area contributed by atoms with Crippen LogP contribution in [0.2, 0.25) is 0 Å². The van der Waals surface area contributed by atoms with E-state index in [1.54, 1.807) is 24.3 Å². The summed E-state index contributed by atoms with van der Waals surface area (Å²) in [5.74, 6) is 0.0268. The van der Waals surface area contributed by atoms with Gasteiger partial charge in [-0.3, -0.25) is 0 Å². The molecule has 0 radical (unpaired) electrons. The number of benzene rings is 1.